The Kier molecular flexibility index (Phi) is 9.14. The molecule has 1 heterocycles. The highest BCUT2D eigenvalue weighted by molar-refractivity contribution is 5.89. The van der Waals surface area contributed by atoms with Gasteiger partial charge in [0.1, 0.15) is 18.1 Å². The number of fused-ring (bicyclic) bond motifs is 1. The van der Waals surface area contributed by atoms with E-state index in [0.29, 0.717) is 35.0 Å². The van der Waals surface area contributed by atoms with E-state index < -0.39 is 6.04 Å². The first-order valence-electron chi connectivity index (χ1n) is 13.0. The smallest absolute Gasteiger partial charge is 0.247 e. The van der Waals surface area contributed by atoms with Gasteiger partial charge < -0.3 is 19.7 Å². The van der Waals surface area contributed by atoms with Crippen molar-refractivity contribution in [3.63, 3.8) is 0 Å². The summed E-state index contributed by atoms with van der Waals surface area (Å²) in [6.07, 6.45) is 0.821. The quantitative estimate of drug-likeness (QED) is 0.292. The van der Waals surface area contributed by atoms with E-state index >= 15 is 0 Å². The van der Waals surface area contributed by atoms with Gasteiger partial charge in [-0.3, -0.25) is 9.59 Å². The fourth-order valence-electron chi connectivity index (χ4n) is 4.43. The van der Waals surface area contributed by atoms with Crippen molar-refractivity contribution >= 4 is 22.8 Å². The number of nitrogens with zero attached hydrogens (tertiary/aromatic N) is 4. The SMILES string of the molecule is COc1ccc([C@H](C(=O)NCCC(C)C)N(Cc2ccccc2)C(=O)Cn2nnc3ccccc32)cc1OC. The summed E-state index contributed by atoms with van der Waals surface area (Å²) in [6, 6.07) is 21.5. The van der Waals surface area contributed by atoms with Crippen LogP contribution in [0, 0.1) is 5.92 Å². The van der Waals surface area contributed by atoms with Crippen LogP contribution in [0.15, 0.2) is 72.8 Å². The highest BCUT2D eigenvalue weighted by Crippen LogP contribution is 2.33. The summed E-state index contributed by atoms with van der Waals surface area (Å²) in [5.74, 6) is 0.899. The second-order valence-electron chi connectivity index (χ2n) is 9.73. The van der Waals surface area contributed by atoms with E-state index in [0.717, 1.165) is 17.5 Å². The van der Waals surface area contributed by atoms with Crippen molar-refractivity contribution in [2.45, 2.75) is 39.4 Å². The van der Waals surface area contributed by atoms with Gasteiger partial charge in [0.2, 0.25) is 11.8 Å². The molecule has 0 unspecified atom stereocenters. The highest BCUT2D eigenvalue weighted by atomic mass is 16.5. The summed E-state index contributed by atoms with van der Waals surface area (Å²) in [4.78, 5) is 29.5. The molecule has 0 fully saturated rings. The van der Waals surface area contributed by atoms with Crippen LogP contribution in [0.5, 0.6) is 11.5 Å². The molecule has 1 atom stereocenters. The van der Waals surface area contributed by atoms with Crippen LogP contribution >= 0.6 is 0 Å². The first-order chi connectivity index (χ1) is 18.9. The molecule has 3 aromatic carbocycles. The number of rotatable bonds is 12. The van der Waals surface area contributed by atoms with Gasteiger partial charge in [0.15, 0.2) is 11.5 Å². The Morgan fingerprint density at radius 3 is 2.38 bits per heavy atom. The molecule has 0 aliphatic rings. The predicted molar refractivity (Wildman–Crippen MR) is 149 cm³/mol. The van der Waals surface area contributed by atoms with Crippen molar-refractivity contribution in [3.8, 4) is 11.5 Å². The van der Waals surface area contributed by atoms with Gasteiger partial charge in [0.05, 0.1) is 19.7 Å². The maximum absolute atomic E-state index is 14.0. The lowest BCUT2D eigenvalue weighted by Crippen LogP contribution is -2.45. The summed E-state index contributed by atoms with van der Waals surface area (Å²) < 4.78 is 12.5. The Labute approximate surface area is 228 Å². The summed E-state index contributed by atoms with van der Waals surface area (Å²) in [5.41, 5.74) is 2.95. The summed E-state index contributed by atoms with van der Waals surface area (Å²) >= 11 is 0. The first-order valence-corrected chi connectivity index (χ1v) is 13.0. The molecule has 2 amide bonds. The standard InChI is InChI=1S/C30H35N5O4/c1-21(2)16-17-31-30(37)29(23-14-15-26(38-3)27(18-23)39-4)34(19-22-10-6-5-7-11-22)28(36)20-35-25-13-9-8-12-24(25)32-33-35/h5-15,18,21,29H,16-17,19-20H2,1-4H3,(H,31,37)/t29-/m1/s1. The van der Waals surface area contributed by atoms with Gasteiger partial charge in [-0.1, -0.05) is 67.6 Å². The Bertz CT molecular complexity index is 1400. The van der Waals surface area contributed by atoms with Crippen molar-refractivity contribution < 1.29 is 19.1 Å². The first kappa shape index (κ1) is 27.6. The van der Waals surface area contributed by atoms with Crippen LogP contribution in [-0.2, 0) is 22.7 Å². The molecular formula is C30H35N5O4. The lowest BCUT2D eigenvalue weighted by Gasteiger charge is -2.32. The molecule has 9 nitrogen and oxygen atoms in total. The van der Waals surface area contributed by atoms with E-state index in [1.165, 1.54) is 0 Å². The Balaban J connectivity index is 1.75. The molecule has 0 spiro atoms. The van der Waals surface area contributed by atoms with Crippen molar-refractivity contribution in [1.82, 2.24) is 25.2 Å². The van der Waals surface area contributed by atoms with Gasteiger partial charge in [-0.15, -0.1) is 5.10 Å². The molecule has 4 rings (SSSR count). The molecule has 0 saturated carbocycles. The topological polar surface area (TPSA) is 98.6 Å². The molecule has 0 aliphatic carbocycles. The minimum Gasteiger partial charge on any atom is -0.493 e. The summed E-state index contributed by atoms with van der Waals surface area (Å²) in [5, 5.41) is 11.4. The van der Waals surface area contributed by atoms with Gasteiger partial charge in [-0.05, 0) is 47.7 Å². The zero-order valence-corrected chi connectivity index (χ0v) is 22.8. The lowest BCUT2D eigenvalue weighted by atomic mass is 10.0. The minimum atomic E-state index is -0.917. The number of para-hydroxylation sites is 1. The van der Waals surface area contributed by atoms with Crippen LogP contribution < -0.4 is 14.8 Å². The number of ether oxygens (including phenoxy) is 2. The number of hydrogen-bond acceptors (Lipinski definition) is 6. The Morgan fingerprint density at radius 1 is 0.949 bits per heavy atom. The average molecular weight is 530 g/mol. The fourth-order valence-corrected chi connectivity index (χ4v) is 4.43. The van der Waals surface area contributed by atoms with Crippen LogP contribution in [0.25, 0.3) is 11.0 Å². The molecule has 0 radical (unpaired) electrons. The van der Waals surface area contributed by atoms with Crippen LogP contribution in [0.2, 0.25) is 0 Å². The molecule has 1 aromatic heterocycles. The van der Waals surface area contributed by atoms with Gasteiger partial charge in [0.25, 0.3) is 0 Å². The Hall–Kier alpha value is -4.40. The normalized spacial score (nSPS) is 11.8. The molecule has 39 heavy (non-hydrogen) atoms. The van der Waals surface area contributed by atoms with E-state index in [4.69, 9.17) is 9.47 Å². The zero-order chi connectivity index (χ0) is 27.8. The highest BCUT2D eigenvalue weighted by Gasteiger charge is 2.33. The number of aromatic nitrogens is 3. The number of carbonyl (C=O) groups excluding carboxylic acids is 2. The molecule has 4 aromatic rings. The number of nitrogens with one attached hydrogen (secondary N) is 1. The van der Waals surface area contributed by atoms with E-state index in [-0.39, 0.29) is 24.9 Å². The summed E-state index contributed by atoms with van der Waals surface area (Å²) in [6.45, 7) is 4.86. The van der Waals surface area contributed by atoms with E-state index in [1.807, 2.05) is 54.6 Å². The Morgan fingerprint density at radius 2 is 1.67 bits per heavy atom. The second-order valence-corrected chi connectivity index (χ2v) is 9.73. The van der Waals surface area contributed by atoms with Gasteiger partial charge >= 0.3 is 0 Å². The molecule has 9 heteroatoms. The number of benzene rings is 3. The molecule has 0 bridgehead atoms. The molecule has 204 valence electrons. The van der Waals surface area contributed by atoms with Crippen molar-refractivity contribution in [2.24, 2.45) is 5.92 Å². The number of amides is 2. The number of methoxy groups -OCH3 is 2. The van der Waals surface area contributed by atoms with Crippen LogP contribution in [0.4, 0.5) is 0 Å². The van der Waals surface area contributed by atoms with Crippen LogP contribution in [0.3, 0.4) is 0 Å². The fraction of sp³-hybridized carbons (Fsp3) is 0.333. The maximum Gasteiger partial charge on any atom is 0.247 e. The lowest BCUT2D eigenvalue weighted by molar-refractivity contribution is -0.142. The van der Waals surface area contributed by atoms with Crippen molar-refractivity contribution in [2.75, 3.05) is 20.8 Å². The largest absolute Gasteiger partial charge is 0.493 e. The van der Waals surface area contributed by atoms with E-state index in [2.05, 4.69) is 29.5 Å². The molecule has 1 N–H and O–H groups in total. The number of carbonyl (C=O) groups is 2. The van der Waals surface area contributed by atoms with Gasteiger partial charge in [-0.2, -0.15) is 0 Å². The summed E-state index contributed by atoms with van der Waals surface area (Å²) in [7, 11) is 3.10. The van der Waals surface area contributed by atoms with E-state index in [1.54, 1.807) is 42.0 Å². The van der Waals surface area contributed by atoms with Gasteiger partial charge in [-0.25, -0.2) is 4.68 Å². The third kappa shape index (κ3) is 6.73. The zero-order valence-electron chi connectivity index (χ0n) is 22.8. The van der Waals surface area contributed by atoms with Crippen molar-refractivity contribution in [3.05, 3.63) is 83.9 Å². The van der Waals surface area contributed by atoms with Gasteiger partial charge in [0, 0.05) is 13.1 Å². The van der Waals surface area contributed by atoms with Crippen LogP contribution in [-0.4, -0.2) is 52.5 Å². The predicted octanol–water partition coefficient (Wildman–Crippen LogP) is 4.38. The third-order valence-electron chi connectivity index (χ3n) is 6.53. The average Bonchev–Trinajstić information content (AvgIpc) is 3.35. The van der Waals surface area contributed by atoms with Crippen LogP contribution in [0.1, 0.15) is 37.4 Å². The van der Waals surface area contributed by atoms with E-state index in [9.17, 15) is 9.59 Å². The second kappa shape index (κ2) is 12.9. The minimum absolute atomic E-state index is 0.0730. The molecule has 0 aliphatic heterocycles. The number of hydrogen-bond donors (Lipinski definition) is 1. The molecule has 0 saturated heterocycles. The van der Waals surface area contributed by atoms with Crippen molar-refractivity contribution in [1.29, 1.82) is 0 Å². The monoisotopic (exact) mass is 529 g/mol. The third-order valence-corrected chi connectivity index (χ3v) is 6.53. The maximum atomic E-state index is 14.0. The molecular weight excluding hydrogens is 494 g/mol.